The van der Waals surface area contributed by atoms with Gasteiger partial charge in [0.05, 0.1) is 6.10 Å². The smallest absolute Gasteiger partial charge is 0.407 e. The highest BCUT2D eigenvalue weighted by molar-refractivity contribution is 5.65. The molecule has 19 heavy (non-hydrogen) atoms. The van der Waals surface area contributed by atoms with Gasteiger partial charge in [0, 0.05) is 13.1 Å². The van der Waals surface area contributed by atoms with Gasteiger partial charge >= 0.3 is 6.09 Å². The Kier molecular flexibility index (Phi) is 4.30. The Morgan fingerprint density at radius 1 is 1.26 bits per heavy atom. The molecular weight excluding hydrogens is 242 g/mol. The molecule has 4 heteroatoms. The van der Waals surface area contributed by atoms with Gasteiger partial charge in [-0.15, -0.1) is 0 Å². The zero-order valence-corrected chi connectivity index (χ0v) is 11.5. The van der Waals surface area contributed by atoms with E-state index in [1.54, 1.807) is 0 Å². The summed E-state index contributed by atoms with van der Waals surface area (Å²) in [6.45, 7) is 5.28. The summed E-state index contributed by atoms with van der Waals surface area (Å²) in [6.07, 6.45) is 1.18. The summed E-state index contributed by atoms with van der Waals surface area (Å²) in [6, 6.07) is 8.19. The molecule has 4 nitrogen and oxygen atoms in total. The van der Waals surface area contributed by atoms with Crippen LogP contribution >= 0.6 is 0 Å². The van der Waals surface area contributed by atoms with Crippen molar-refractivity contribution in [1.29, 1.82) is 0 Å². The second-order valence-corrected chi connectivity index (χ2v) is 5.28. The van der Waals surface area contributed by atoms with Crippen LogP contribution in [-0.2, 0) is 0 Å². The summed E-state index contributed by atoms with van der Waals surface area (Å²) in [5, 5.41) is 8.92. The predicted octanol–water partition coefficient (Wildman–Crippen LogP) is 3.33. The third kappa shape index (κ3) is 3.63. The van der Waals surface area contributed by atoms with Crippen LogP contribution in [0.2, 0.25) is 0 Å². The number of rotatable bonds is 3. The van der Waals surface area contributed by atoms with Gasteiger partial charge in [-0.05, 0) is 50.3 Å². The van der Waals surface area contributed by atoms with Crippen LogP contribution in [0, 0.1) is 0 Å². The van der Waals surface area contributed by atoms with Crippen LogP contribution in [0.25, 0.3) is 0 Å². The number of piperidine rings is 1. The predicted molar refractivity (Wildman–Crippen MR) is 73.8 cm³/mol. The van der Waals surface area contributed by atoms with E-state index in [1.807, 2.05) is 26.0 Å². The van der Waals surface area contributed by atoms with Crippen LogP contribution < -0.4 is 4.74 Å². The van der Waals surface area contributed by atoms with Gasteiger partial charge in [-0.3, -0.25) is 0 Å². The lowest BCUT2D eigenvalue weighted by Gasteiger charge is -2.30. The van der Waals surface area contributed by atoms with E-state index in [0.717, 1.165) is 18.6 Å². The lowest BCUT2D eigenvalue weighted by molar-refractivity contribution is 0.132. The molecule has 1 fully saturated rings. The number of benzene rings is 1. The van der Waals surface area contributed by atoms with Crippen molar-refractivity contribution in [2.45, 2.75) is 38.7 Å². The van der Waals surface area contributed by atoms with E-state index in [0.29, 0.717) is 19.0 Å². The van der Waals surface area contributed by atoms with Gasteiger partial charge in [-0.25, -0.2) is 4.79 Å². The quantitative estimate of drug-likeness (QED) is 0.910. The second-order valence-electron chi connectivity index (χ2n) is 5.28. The van der Waals surface area contributed by atoms with E-state index in [-0.39, 0.29) is 6.10 Å². The summed E-state index contributed by atoms with van der Waals surface area (Å²) in [5.74, 6) is 1.35. The molecule has 1 amide bonds. The van der Waals surface area contributed by atoms with E-state index in [4.69, 9.17) is 9.84 Å². The molecule has 0 saturated carbocycles. The summed E-state index contributed by atoms with van der Waals surface area (Å²) in [7, 11) is 0. The Morgan fingerprint density at radius 2 is 1.84 bits per heavy atom. The fourth-order valence-corrected chi connectivity index (χ4v) is 2.49. The molecule has 1 aliphatic heterocycles. The van der Waals surface area contributed by atoms with Crippen molar-refractivity contribution in [2.75, 3.05) is 13.1 Å². The van der Waals surface area contributed by atoms with Crippen LogP contribution in [0.15, 0.2) is 24.3 Å². The zero-order chi connectivity index (χ0) is 13.8. The lowest BCUT2D eigenvalue weighted by atomic mass is 9.89. The summed E-state index contributed by atoms with van der Waals surface area (Å²) in [4.78, 5) is 12.3. The first-order chi connectivity index (χ1) is 9.06. The van der Waals surface area contributed by atoms with Gasteiger partial charge in [0.1, 0.15) is 5.75 Å². The molecule has 0 atom stereocenters. The Morgan fingerprint density at radius 3 is 2.32 bits per heavy atom. The molecule has 1 aromatic carbocycles. The molecule has 1 saturated heterocycles. The van der Waals surface area contributed by atoms with E-state index in [1.165, 1.54) is 10.5 Å². The monoisotopic (exact) mass is 263 g/mol. The maximum atomic E-state index is 10.9. The van der Waals surface area contributed by atoms with Gasteiger partial charge < -0.3 is 14.7 Å². The minimum atomic E-state index is -0.806. The number of hydrogen-bond acceptors (Lipinski definition) is 2. The molecule has 0 radical (unpaired) electrons. The maximum absolute atomic E-state index is 10.9. The van der Waals surface area contributed by atoms with Crippen molar-refractivity contribution in [3.8, 4) is 5.75 Å². The van der Waals surface area contributed by atoms with E-state index in [2.05, 4.69) is 12.1 Å². The average Bonchev–Trinajstić information content (AvgIpc) is 2.39. The van der Waals surface area contributed by atoms with Gasteiger partial charge in [-0.2, -0.15) is 0 Å². The van der Waals surface area contributed by atoms with Crippen LogP contribution in [0.3, 0.4) is 0 Å². The minimum absolute atomic E-state index is 0.185. The molecule has 2 rings (SSSR count). The standard InChI is InChI=1S/C15H21NO3/c1-11(2)19-14-5-3-12(4-6-14)13-7-9-16(10-8-13)15(17)18/h3-6,11,13H,7-10H2,1-2H3,(H,17,18). The highest BCUT2D eigenvalue weighted by Crippen LogP contribution is 2.29. The van der Waals surface area contributed by atoms with Crippen molar-refractivity contribution in [3.63, 3.8) is 0 Å². The number of carboxylic acid groups (broad SMARTS) is 1. The zero-order valence-electron chi connectivity index (χ0n) is 11.5. The Balaban J connectivity index is 1.94. The minimum Gasteiger partial charge on any atom is -0.491 e. The van der Waals surface area contributed by atoms with Gasteiger partial charge in [0.2, 0.25) is 0 Å². The topological polar surface area (TPSA) is 49.8 Å². The second kappa shape index (κ2) is 5.95. The van der Waals surface area contributed by atoms with Crippen LogP contribution in [0.4, 0.5) is 4.79 Å². The first-order valence-corrected chi connectivity index (χ1v) is 6.80. The number of hydrogen-bond donors (Lipinski definition) is 1. The van der Waals surface area contributed by atoms with E-state index < -0.39 is 6.09 Å². The van der Waals surface area contributed by atoms with Crippen molar-refractivity contribution in [1.82, 2.24) is 4.90 Å². The van der Waals surface area contributed by atoms with Crippen LogP contribution in [0.5, 0.6) is 5.75 Å². The average molecular weight is 263 g/mol. The first kappa shape index (κ1) is 13.7. The van der Waals surface area contributed by atoms with Gasteiger partial charge in [-0.1, -0.05) is 12.1 Å². The molecule has 0 aromatic heterocycles. The number of ether oxygens (including phenoxy) is 1. The number of amides is 1. The summed E-state index contributed by atoms with van der Waals surface area (Å²) < 4.78 is 5.62. The molecule has 1 aliphatic rings. The Hall–Kier alpha value is -1.71. The van der Waals surface area contributed by atoms with Crippen LogP contribution in [-0.4, -0.2) is 35.3 Å². The maximum Gasteiger partial charge on any atom is 0.407 e. The highest BCUT2D eigenvalue weighted by atomic mass is 16.5. The molecule has 0 aliphatic carbocycles. The molecule has 104 valence electrons. The molecule has 0 unspecified atom stereocenters. The third-order valence-corrected chi connectivity index (χ3v) is 3.49. The largest absolute Gasteiger partial charge is 0.491 e. The summed E-state index contributed by atoms with van der Waals surface area (Å²) in [5.41, 5.74) is 1.28. The number of carbonyl (C=O) groups is 1. The number of nitrogens with zero attached hydrogens (tertiary/aromatic N) is 1. The third-order valence-electron chi connectivity index (χ3n) is 3.49. The first-order valence-electron chi connectivity index (χ1n) is 6.80. The highest BCUT2D eigenvalue weighted by Gasteiger charge is 2.23. The van der Waals surface area contributed by atoms with Gasteiger partial charge in [0.15, 0.2) is 0 Å². The molecular formula is C15H21NO3. The Bertz CT molecular complexity index is 420. The Labute approximate surface area is 114 Å². The summed E-state index contributed by atoms with van der Waals surface area (Å²) >= 11 is 0. The van der Waals surface area contributed by atoms with Gasteiger partial charge in [0.25, 0.3) is 0 Å². The molecule has 0 bridgehead atoms. The van der Waals surface area contributed by atoms with E-state index >= 15 is 0 Å². The van der Waals surface area contributed by atoms with Crippen molar-refractivity contribution in [2.24, 2.45) is 0 Å². The van der Waals surface area contributed by atoms with Crippen LogP contribution in [0.1, 0.15) is 38.2 Å². The SMILES string of the molecule is CC(C)Oc1ccc(C2CCN(C(=O)O)CC2)cc1. The normalized spacial score (nSPS) is 16.7. The molecule has 1 aromatic rings. The molecule has 0 spiro atoms. The van der Waals surface area contributed by atoms with E-state index in [9.17, 15) is 4.79 Å². The van der Waals surface area contributed by atoms with Crippen molar-refractivity contribution < 1.29 is 14.6 Å². The fraction of sp³-hybridized carbons (Fsp3) is 0.533. The van der Waals surface area contributed by atoms with Crippen molar-refractivity contribution >= 4 is 6.09 Å². The van der Waals surface area contributed by atoms with Crippen molar-refractivity contribution in [3.05, 3.63) is 29.8 Å². The molecule has 1 N–H and O–H groups in total. The molecule has 1 heterocycles. The fourth-order valence-electron chi connectivity index (χ4n) is 2.49. The number of likely N-dealkylation sites (tertiary alicyclic amines) is 1. The lowest BCUT2D eigenvalue weighted by Crippen LogP contribution is -2.36.